The molecule has 1 rings (SSSR count). The van der Waals surface area contributed by atoms with E-state index in [-0.39, 0.29) is 5.91 Å². The molecule has 1 amide bonds. The minimum atomic E-state index is 0.0282. The zero-order valence-corrected chi connectivity index (χ0v) is 12.9. The molecular formula is C15H26N4O. The molecule has 20 heavy (non-hydrogen) atoms. The zero-order valence-electron chi connectivity index (χ0n) is 12.9. The molecule has 0 aliphatic rings. The molecule has 5 heteroatoms. The van der Waals surface area contributed by atoms with Crippen LogP contribution in [-0.2, 0) is 4.79 Å². The number of carbonyl (C=O) groups is 1. The third-order valence-electron chi connectivity index (χ3n) is 2.94. The van der Waals surface area contributed by atoms with Crippen molar-refractivity contribution in [3.05, 3.63) is 24.3 Å². The van der Waals surface area contributed by atoms with E-state index in [9.17, 15) is 4.79 Å². The monoisotopic (exact) mass is 278 g/mol. The number of benzene rings is 1. The van der Waals surface area contributed by atoms with Crippen molar-refractivity contribution in [2.24, 2.45) is 0 Å². The van der Waals surface area contributed by atoms with Crippen molar-refractivity contribution in [1.29, 1.82) is 0 Å². The van der Waals surface area contributed by atoms with Crippen LogP contribution in [0.1, 0.15) is 6.42 Å². The van der Waals surface area contributed by atoms with Crippen molar-refractivity contribution in [3.8, 4) is 0 Å². The van der Waals surface area contributed by atoms with Gasteiger partial charge >= 0.3 is 0 Å². The zero-order chi connectivity index (χ0) is 15.0. The van der Waals surface area contributed by atoms with Crippen molar-refractivity contribution in [1.82, 2.24) is 10.2 Å². The van der Waals surface area contributed by atoms with Crippen LogP contribution in [0.4, 0.5) is 11.4 Å². The van der Waals surface area contributed by atoms with Gasteiger partial charge in [0.05, 0.1) is 6.54 Å². The molecule has 0 atom stereocenters. The second-order valence-corrected chi connectivity index (χ2v) is 5.30. The molecule has 0 fully saturated rings. The predicted molar refractivity (Wildman–Crippen MR) is 85.4 cm³/mol. The predicted octanol–water partition coefficient (Wildman–Crippen LogP) is 1.23. The van der Waals surface area contributed by atoms with Crippen molar-refractivity contribution in [2.75, 3.05) is 58.0 Å². The number of hydrogen-bond donors (Lipinski definition) is 2. The Morgan fingerprint density at radius 2 is 1.75 bits per heavy atom. The SMILES string of the molecule is CN(C)CCCNC(=O)CNc1ccc(N(C)C)cc1. The maximum Gasteiger partial charge on any atom is 0.239 e. The smallest absolute Gasteiger partial charge is 0.239 e. The van der Waals surface area contributed by atoms with Crippen molar-refractivity contribution >= 4 is 17.3 Å². The van der Waals surface area contributed by atoms with Crippen LogP contribution in [0.3, 0.4) is 0 Å². The van der Waals surface area contributed by atoms with E-state index in [1.165, 1.54) is 0 Å². The molecular weight excluding hydrogens is 252 g/mol. The molecule has 0 bridgehead atoms. The van der Waals surface area contributed by atoms with Crippen LogP contribution in [0.25, 0.3) is 0 Å². The van der Waals surface area contributed by atoms with Gasteiger partial charge in [0.1, 0.15) is 0 Å². The summed E-state index contributed by atoms with van der Waals surface area (Å²) in [5.74, 6) is 0.0282. The van der Waals surface area contributed by atoms with Gasteiger partial charge in [0.15, 0.2) is 0 Å². The summed E-state index contributed by atoms with van der Waals surface area (Å²) >= 11 is 0. The lowest BCUT2D eigenvalue weighted by Crippen LogP contribution is -2.31. The summed E-state index contributed by atoms with van der Waals surface area (Å²) in [7, 11) is 8.06. The van der Waals surface area contributed by atoms with Crippen LogP contribution in [0.15, 0.2) is 24.3 Å². The topological polar surface area (TPSA) is 47.6 Å². The Morgan fingerprint density at radius 3 is 2.30 bits per heavy atom. The van der Waals surface area contributed by atoms with Gasteiger partial charge in [-0.1, -0.05) is 0 Å². The third kappa shape index (κ3) is 6.43. The highest BCUT2D eigenvalue weighted by Gasteiger charge is 2.01. The van der Waals surface area contributed by atoms with E-state index in [4.69, 9.17) is 0 Å². The van der Waals surface area contributed by atoms with Crippen LogP contribution in [-0.4, -0.2) is 58.6 Å². The van der Waals surface area contributed by atoms with Gasteiger partial charge < -0.3 is 20.4 Å². The van der Waals surface area contributed by atoms with Crippen LogP contribution >= 0.6 is 0 Å². The van der Waals surface area contributed by atoms with E-state index in [2.05, 4.69) is 15.5 Å². The normalized spacial score (nSPS) is 10.4. The molecule has 0 saturated carbocycles. The first-order valence-corrected chi connectivity index (χ1v) is 6.91. The first-order valence-electron chi connectivity index (χ1n) is 6.91. The fraction of sp³-hybridized carbons (Fsp3) is 0.533. The van der Waals surface area contributed by atoms with Gasteiger partial charge in [0.2, 0.25) is 5.91 Å². The average molecular weight is 278 g/mol. The number of nitrogens with zero attached hydrogens (tertiary/aromatic N) is 2. The largest absolute Gasteiger partial charge is 0.378 e. The Bertz CT molecular complexity index is 401. The van der Waals surface area contributed by atoms with E-state index < -0.39 is 0 Å². The molecule has 112 valence electrons. The molecule has 0 radical (unpaired) electrons. The molecule has 0 heterocycles. The molecule has 0 aromatic heterocycles. The highest BCUT2D eigenvalue weighted by atomic mass is 16.1. The van der Waals surface area contributed by atoms with E-state index in [0.717, 1.165) is 30.9 Å². The molecule has 0 spiro atoms. The van der Waals surface area contributed by atoms with Gasteiger partial charge in [-0.25, -0.2) is 0 Å². The van der Waals surface area contributed by atoms with Crippen molar-refractivity contribution in [2.45, 2.75) is 6.42 Å². The fourth-order valence-electron chi connectivity index (χ4n) is 1.75. The van der Waals surface area contributed by atoms with E-state index in [1.807, 2.05) is 57.4 Å². The number of rotatable bonds is 8. The Kier molecular flexibility index (Phi) is 6.87. The average Bonchev–Trinajstić information content (AvgIpc) is 2.41. The lowest BCUT2D eigenvalue weighted by Gasteiger charge is -2.13. The minimum absolute atomic E-state index is 0.0282. The van der Waals surface area contributed by atoms with Gasteiger partial charge in [-0.15, -0.1) is 0 Å². The summed E-state index contributed by atoms with van der Waals surface area (Å²) in [6, 6.07) is 8.01. The van der Waals surface area contributed by atoms with Crippen molar-refractivity contribution in [3.63, 3.8) is 0 Å². The van der Waals surface area contributed by atoms with Crippen molar-refractivity contribution < 1.29 is 4.79 Å². The Morgan fingerprint density at radius 1 is 1.10 bits per heavy atom. The highest BCUT2D eigenvalue weighted by molar-refractivity contribution is 5.80. The summed E-state index contributed by atoms with van der Waals surface area (Å²) in [4.78, 5) is 15.8. The summed E-state index contributed by atoms with van der Waals surface area (Å²) in [6.07, 6.45) is 0.969. The molecule has 0 unspecified atom stereocenters. The molecule has 2 N–H and O–H groups in total. The molecule has 0 saturated heterocycles. The molecule has 1 aromatic rings. The third-order valence-corrected chi connectivity index (χ3v) is 2.94. The van der Waals surface area contributed by atoms with Gasteiger partial charge in [0.25, 0.3) is 0 Å². The maximum absolute atomic E-state index is 11.6. The Labute approximate surface area is 121 Å². The fourth-order valence-corrected chi connectivity index (χ4v) is 1.75. The standard InChI is InChI=1S/C15H26N4O/c1-18(2)11-5-10-16-15(20)12-17-13-6-8-14(9-7-13)19(3)4/h6-9,17H,5,10-12H2,1-4H3,(H,16,20). The van der Waals surface area contributed by atoms with Gasteiger partial charge in [-0.2, -0.15) is 0 Å². The summed E-state index contributed by atoms with van der Waals surface area (Å²) < 4.78 is 0. The second-order valence-electron chi connectivity index (χ2n) is 5.30. The quantitative estimate of drug-likeness (QED) is 0.702. The summed E-state index contributed by atoms with van der Waals surface area (Å²) in [6.45, 7) is 2.02. The highest BCUT2D eigenvalue weighted by Crippen LogP contribution is 2.15. The number of carbonyl (C=O) groups excluding carboxylic acids is 1. The first-order chi connectivity index (χ1) is 9.49. The Hall–Kier alpha value is -1.75. The second kappa shape index (κ2) is 8.43. The van der Waals surface area contributed by atoms with Crippen LogP contribution < -0.4 is 15.5 Å². The van der Waals surface area contributed by atoms with Crippen LogP contribution in [0, 0.1) is 0 Å². The van der Waals surface area contributed by atoms with Gasteiger partial charge in [-0.05, 0) is 51.3 Å². The molecule has 1 aromatic carbocycles. The van der Waals surface area contributed by atoms with Crippen LogP contribution in [0.5, 0.6) is 0 Å². The van der Waals surface area contributed by atoms with E-state index in [0.29, 0.717) is 6.54 Å². The van der Waals surface area contributed by atoms with Crippen LogP contribution in [0.2, 0.25) is 0 Å². The first kappa shape index (κ1) is 16.3. The number of anilines is 2. The van der Waals surface area contributed by atoms with Gasteiger partial charge in [-0.3, -0.25) is 4.79 Å². The molecule has 0 aliphatic carbocycles. The van der Waals surface area contributed by atoms with E-state index >= 15 is 0 Å². The number of amides is 1. The maximum atomic E-state index is 11.6. The lowest BCUT2D eigenvalue weighted by molar-refractivity contribution is -0.119. The van der Waals surface area contributed by atoms with Gasteiger partial charge in [0, 0.05) is 32.0 Å². The lowest BCUT2D eigenvalue weighted by atomic mass is 10.2. The molecule has 0 aliphatic heterocycles. The Balaban J connectivity index is 2.23. The molecule has 5 nitrogen and oxygen atoms in total. The summed E-state index contributed by atoms with van der Waals surface area (Å²) in [5, 5.41) is 6.02. The summed E-state index contributed by atoms with van der Waals surface area (Å²) in [5.41, 5.74) is 2.10. The van der Waals surface area contributed by atoms with E-state index in [1.54, 1.807) is 0 Å². The number of nitrogens with one attached hydrogen (secondary N) is 2. The minimum Gasteiger partial charge on any atom is -0.378 e. The number of hydrogen-bond acceptors (Lipinski definition) is 4.